The third-order valence-electron chi connectivity index (χ3n) is 4.21. The molecule has 2 saturated carbocycles. The molecule has 0 radical (unpaired) electrons. The summed E-state index contributed by atoms with van der Waals surface area (Å²) >= 11 is 1.25. The Labute approximate surface area is 114 Å². The molecule has 3 nitrogen and oxygen atoms in total. The van der Waals surface area contributed by atoms with Crippen LogP contribution in [0.3, 0.4) is 0 Å². The van der Waals surface area contributed by atoms with Crippen molar-refractivity contribution in [3.05, 3.63) is 11.6 Å². The molecule has 104 valence electrons. The fourth-order valence-corrected chi connectivity index (χ4v) is 3.77. The normalized spacial score (nSPS) is 30.0. The van der Waals surface area contributed by atoms with Crippen LogP contribution < -0.4 is 5.32 Å². The van der Waals surface area contributed by atoms with Crippen molar-refractivity contribution < 1.29 is 13.6 Å². The van der Waals surface area contributed by atoms with E-state index in [4.69, 9.17) is 0 Å². The maximum atomic E-state index is 13.8. The zero-order valence-electron chi connectivity index (χ0n) is 10.4. The molecule has 2 aliphatic rings. The zero-order chi connectivity index (χ0) is 13.5. The maximum Gasteiger partial charge on any atom is 0.264 e. The molecule has 0 aromatic carbocycles. The van der Waals surface area contributed by atoms with Gasteiger partial charge in [-0.05, 0) is 18.8 Å². The minimum Gasteiger partial charge on any atom is -0.302 e. The summed E-state index contributed by atoms with van der Waals surface area (Å²) in [5.41, 5.74) is 0. The first-order chi connectivity index (χ1) is 9.10. The number of nitrogens with one attached hydrogen (secondary N) is 1. The second-order valence-electron chi connectivity index (χ2n) is 5.40. The van der Waals surface area contributed by atoms with E-state index in [1.165, 1.54) is 11.3 Å². The van der Waals surface area contributed by atoms with Gasteiger partial charge >= 0.3 is 0 Å². The molecule has 0 bridgehead atoms. The number of nitrogens with zero attached hydrogens (tertiary/aromatic N) is 1. The molecule has 1 amide bonds. The molecule has 2 atom stereocenters. The lowest BCUT2D eigenvalue weighted by atomic mass is 9.85. The summed E-state index contributed by atoms with van der Waals surface area (Å²) in [7, 11) is 0. The minimum absolute atomic E-state index is 0.01000. The SMILES string of the molecule is O=C(Nc1nccs1)C1[C@H](C2CCCCC2)C1(F)F. The fraction of sp³-hybridized carbons (Fsp3) is 0.692. The molecule has 0 spiro atoms. The summed E-state index contributed by atoms with van der Waals surface area (Å²) in [5, 5.41) is 4.60. The molecule has 6 heteroatoms. The molecular weight excluding hydrogens is 270 g/mol. The zero-order valence-corrected chi connectivity index (χ0v) is 11.3. The topological polar surface area (TPSA) is 42.0 Å². The number of halogens is 2. The van der Waals surface area contributed by atoms with Gasteiger partial charge in [0, 0.05) is 17.5 Å². The Kier molecular flexibility index (Phi) is 3.28. The Morgan fingerprint density at radius 2 is 2.11 bits per heavy atom. The Morgan fingerprint density at radius 3 is 2.74 bits per heavy atom. The Bertz CT molecular complexity index is 457. The van der Waals surface area contributed by atoms with Crippen LogP contribution in [-0.4, -0.2) is 16.8 Å². The molecule has 1 aromatic rings. The number of thiazole rings is 1. The summed E-state index contributed by atoms with van der Waals surface area (Å²) in [6.07, 6.45) is 6.37. The third kappa shape index (κ3) is 2.38. The van der Waals surface area contributed by atoms with Gasteiger partial charge in [-0.1, -0.05) is 19.3 Å². The lowest BCUT2D eigenvalue weighted by molar-refractivity contribution is -0.119. The molecule has 1 N–H and O–H groups in total. The van der Waals surface area contributed by atoms with Gasteiger partial charge in [-0.3, -0.25) is 4.79 Å². The number of rotatable bonds is 3. The Morgan fingerprint density at radius 1 is 1.37 bits per heavy atom. The van der Waals surface area contributed by atoms with E-state index in [1.807, 2.05) is 0 Å². The highest BCUT2D eigenvalue weighted by molar-refractivity contribution is 7.13. The van der Waals surface area contributed by atoms with E-state index in [2.05, 4.69) is 10.3 Å². The molecule has 1 aromatic heterocycles. The van der Waals surface area contributed by atoms with Gasteiger partial charge in [0.05, 0.1) is 0 Å². The Hall–Kier alpha value is -1.04. The average molecular weight is 286 g/mol. The van der Waals surface area contributed by atoms with E-state index in [0.717, 1.165) is 32.1 Å². The van der Waals surface area contributed by atoms with Gasteiger partial charge in [0.25, 0.3) is 5.92 Å². The predicted octanol–water partition coefficient (Wildman–Crippen LogP) is 3.54. The number of hydrogen-bond donors (Lipinski definition) is 1. The average Bonchev–Trinajstić information content (AvgIpc) is 2.76. The van der Waals surface area contributed by atoms with Crippen LogP contribution in [0.15, 0.2) is 11.6 Å². The smallest absolute Gasteiger partial charge is 0.264 e. The monoisotopic (exact) mass is 286 g/mol. The van der Waals surface area contributed by atoms with E-state index in [1.54, 1.807) is 11.6 Å². The van der Waals surface area contributed by atoms with Crippen molar-refractivity contribution in [1.29, 1.82) is 0 Å². The van der Waals surface area contributed by atoms with Gasteiger partial charge in [-0.2, -0.15) is 0 Å². The highest BCUT2D eigenvalue weighted by Gasteiger charge is 2.73. The number of anilines is 1. The van der Waals surface area contributed by atoms with E-state index in [9.17, 15) is 13.6 Å². The molecule has 0 aliphatic heterocycles. The summed E-state index contributed by atoms with van der Waals surface area (Å²) in [4.78, 5) is 15.8. The first-order valence-corrected chi connectivity index (χ1v) is 7.57. The molecule has 0 saturated heterocycles. The quantitative estimate of drug-likeness (QED) is 0.923. The minimum atomic E-state index is -2.83. The number of carbonyl (C=O) groups excluding carboxylic acids is 1. The second-order valence-corrected chi connectivity index (χ2v) is 6.30. The molecule has 2 fully saturated rings. The van der Waals surface area contributed by atoms with Crippen LogP contribution in [0.1, 0.15) is 32.1 Å². The van der Waals surface area contributed by atoms with Crippen molar-refractivity contribution in [2.75, 3.05) is 5.32 Å². The number of amides is 1. The van der Waals surface area contributed by atoms with Crippen molar-refractivity contribution in [1.82, 2.24) is 4.98 Å². The highest BCUT2D eigenvalue weighted by Crippen LogP contribution is 2.61. The number of carbonyl (C=O) groups is 1. The number of hydrogen-bond acceptors (Lipinski definition) is 3. The molecular formula is C13H16F2N2OS. The predicted molar refractivity (Wildman–Crippen MR) is 69.2 cm³/mol. The summed E-state index contributed by atoms with van der Waals surface area (Å²) < 4.78 is 27.7. The summed E-state index contributed by atoms with van der Waals surface area (Å²) in [6.45, 7) is 0. The van der Waals surface area contributed by atoms with Crippen molar-refractivity contribution in [3.8, 4) is 0 Å². The second kappa shape index (κ2) is 4.81. The molecule has 1 unspecified atom stereocenters. The third-order valence-corrected chi connectivity index (χ3v) is 4.90. The van der Waals surface area contributed by atoms with Crippen molar-refractivity contribution in [2.45, 2.75) is 38.0 Å². The van der Waals surface area contributed by atoms with Gasteiger partial charge in [-0.25, -0.2) is 13.8 Å². The van der Waals surface area contributed by atoms with Crippen LogP contribution >= 0.6 is 11.3 Å². The summed E-state index contributed by atoms with van der Waals surface area (Å²) in [5.74, 6) is -5.30. The standard InChI is InChI=1S/C13H16F2N2OS/c14-13(15)9(8-4-2-1-3-5-8)10(13)11(18)17-12-16-6-7-19-12/h6-10H,1-5H2,(H,16,17,18)/t9-,10?/m0/s1. The molecule has 3 rings (SSSR count). The number of alkyl halides is 2. The first-order valence-electron chi connectivity index (χ1n) is 6.69. The largest absolute Gasteiger partial charge is 0.302 e. The molecule has 2 aliphatic carbocycles. The van der Waals surface area contributed by atoms with Crippen LogP contribution in [0.4, 0.5) is 13.9 Å². The van der Waals surface area contributed by atoms with Crippen LogP contribution in [0.25, 0.3) is 0 Å². The highest BCUT2D eigenvalue weighted by atomic mass is 32.1. The van der Waals surface area contributed by atoms with Crippen LogP contribution in [0.5, 0.6) is 0 Å². The van der Waals surface area contributed by atoms with E-state index in [-0.39, 0.29) is 5.92 Å². The first kappa shape index (κ1) is 13.0. The van der Waals surface area contributed by atoms with Crippen molar-refractivity contribution >= 4 is 22.4 Å². The van der Waals surface area contributed by atoms with Gasteiger partial charge in [-0.15, -0.1) is 11.3 Å². The lowest BCUT2D eigenvalue weighted by Gasteiger charge is -2.21. The van der Waals surface area contributed by atoms with Gasteiger partial charge in [0.1, 0.15) is 5.92 Å². The van der Waals surface area contributed by atoms with Crippen LogP contribution in [0, 0.1) is 17.8 Å². The fourth-order valence-electron chi connectivity index (χ4n) is 3.24. The molecule has 1 heterocycles. The van der Waals surface area contributed by atoms with Gasteiger partial charge in [0.15, 0.2) is 5.13 Å². The Balaban J connectivity index is 1.65. The van der Waals surface area contributed by atoms with E-state index < -0.39 is 23.7 Å². The van der Waals surface area contributed by atoms with E-state index in [0.29, 0.717) is 5.13 Å². The van der Waals surface area contributed by atoms with Gasteiger partial charge in [0.2, 0.25) is 5.91 Å². The van der Waals surface area contributed by atoms with Crippen molar-refractivity contribution in [2.24, 2.45) is 17.8 Å². The molecule has 19 heavy (non-hydrogen) atoms. The van der Waals surface area contributed by atoms with E-state index >= 15 is 0 Å². The number of aromatic nitrogens is 1. The van der Waals surface area contributed by atoms with Crippen LogP contribution in [-0.2, 0) is 4.79 Å². The van der Waals surface area contributed by atoms with Crippen LogP contribution in [0.2, 0.25) is 0 Å². The lowest BCUT2D eigenvalue weighted by Crippen LogP contribution is -2.18. The maximum absolute atomic E-state index is 13.8. The van der Waals surface area contributed by atoms with Gasteiger partial charge < -0.3 is 5.32 Å². The van der Waals surface area contributed by atoms with Crippen molar-refractivity contribution in [3.63, 3.8) is 0 Å². The summed E-state index contributed by atoms with van der Waals surface area (Å²) in [6, 6.07) is 0.